The normalized spacial score (nSPS) is 43.0. The minimum atomic E-state index is 0.374. The highest BCUT2D eigenvalue weighted by molar-refractivity contribution is 4.92. The van der Waals surface area contributed by atoms with E-state index in [-0.39, 0.29) is 0 Å². The Morgan fingerprint density at radius 1 is 1.28 bits per heavy atom. The highest BCUT2D eigenvalue weighted by Gasteiger charge is 2.36. The molecule has 0 radical (unpaired) electrons. The predicted octanol–water partition coefficient (Wildman–Crippen LogP) is 2.25. The molecule has 2 fully saturated rings. The summed E-state index contributed by atoms with van der Waals surface area (Å²) in [7, 11) is 1.85. The molecule has 0 bridgehead atoms. The van der Waals surface area contributed by atoms with E-state index >= 15 is 0 Å². The Balaban J connectivity index is 1.96. The van der Waals surface area contributed by atoms with Crippen molar-refractivity contribution in [3.05, 3.63) is 0 Å². The van der Waals surface area contributed by atoms with Crippen molar-refractivity contribution < 1.29 is 4.74 Å². The van der Waals surface area contributed by atoms with Crippen molar-refractivity contribution in [1.29, 1.82) is 0 Å². The summed E-state index contributed by atoms with van der Waals surface area (Å²) in [6, 6.07) is 0.965. The van der Waals surface area contributed by atoms with Crippen molar-refractivity contribution >= 4 is 0 Å². The third-order valence-corrected chi connectivity index (χ3v) is 5.25. The van der Waals surface area contributed by atoms with Gasteiger partial charge in [-0.2, -0.15) is 0 Å². The fourth-order valence-corrected chi connectivity index (χ4v) is 3.71. The maximum atomic E-state index is 6.37. The van der Waals surface area contributed by atoms with Crippen molar-refractivity contribution in [2.75, 3.05) is 20.2 Å². The van der Waals surface area contributed by atoms with Crippen molar-refractivity contribution in [2.45, 2.75) is 64.1 Å². The van der Waals surface area contributed by atoms with E-state index in [2.05, 4.69) is 18.7 Å². The lowest BCUT2D eigenvalue weighted by Crippen LogP contribution is -2.56. The third-order valence-electron chi connectivity index (χ3n) is 5.25. The van der Waals surface area contributed by atoms with E-state index in [0.717, 1.165) is 12.5 Å². The Hall–Kier alpha value is -0.120. The van der Waals surface area contributed by atoms with Gasteiger partial charge >= 0.3 is 0 Å². The van der Waals surface area contributed by atoms with E-state index in [4.69, 9.17) is 10.5 Å². The van der Waals surface area contributed by atoms with Crippen LogP contribution in [0.1, 0.15) is 46.0 Å². The molecule has 5 unspecified atom stereocenters. The van der Waals surface area contributed by atoms with Crippen molar-refractivity contribution in [2.24, 2.45) is 17.6 Å². The minimum absolute atomic E-state index is 0.374. The summed E-state index contributed by atoms with van der Waals surface area (Å²) in [5.41, 5.74) is 6.37. The van der Waals surface area contributed by atoms with Gasteiger partial charge in [0.1, 0.15) is 0 Å². The predicted molar refractivity (Wildman–Crippen MR) is 75.5 cm³/mol. The zero-order valence-electron chi connectivity index (χ0n) is 12.3. The fraction of sp³-hybridized carbons (Fsp3) is 1.00. The van der Waals surface area contributed by atoms with Crippen LogP contribution in [0.4, 0.5) is 0 Å². The largest absolute Gasteiger partial charge is 0.380 e. The van der Waals surface area contributed by atoms with Gasteiger partial charge in [-0.1, -0.05) is 20.3 Å². The Morgan fingerprint density at radius 2 is 2.06 bits per heavy atom. The zero-order valence-corrected chi connectivity index (χ0v) is 12.3. The van der Waals surface area contributed by atoms with Crippen LogP contribution in [0.25, 0.3) is 0 Å². The number of rotatable bonds is 3. The summed E-state index contributed by atoms with van der Waals surface area (Å²) < 4.78 is 5.63. The number of methoxy groups -OCH3 is 1. The number of nitrogens with zero attached hydrogens (tertiary/aromatic N) is 1. The first-order valence-electron chi connectivity index (χ1n) is 7.68. The van der Waals surface area contributed by atoms with Crippen molar-refractivity contribution in [3.63, 3.8) is 0 Å². The van der Waals surface area contributed by atoms with Gasteiger partial charge in [-0.05, 0) is 44.1 Å². The molecule has 5 atom stereocenters. The molecule has 2 N–H and O–H groups in total. The molecule has 0 spiro atoms. The molecule has 1 aliphatic carbocycles. The van der Waals surface area contributed by atoms with Gasteiger partial charge in [0, 0.05) is 25.7 Å². The molecule has 18 heavy (non-hydrogen) atoms. The Kier molecular flexibility index (Phi) is 5.05. The van der Waals surface area contributed by atoms with Crippen LogP contribution in [0.3, 0.4) is 0 Å². The van der Waals surface area contributed by atoms with Gasteiger partial charge in [0.2, 0.25) is 0 Å². The fourth-order valence-electron chi connectivity index (χ4n) is 3.71. The van der Waals surface area contributed by atoms with Gasteiger partial charge in [-0.25, -0.2) is 0 Å². The molecule has 0 aromatic carbocycles. The molecular formula is C15H30N2O. The molecule has 106 valence electrons. The van der Waals surface area contributed by atoms with E-state index in [1.54, 1.807) is 0 Å². The van der Waals surface area contributed by atoms with E-state index < -0.39 is 0 Å². The number of ether oxygens (including phenoxy) is 1. The first kappa shape index (κ1) is 14.3. The minimum Gasteiger partial charge on any atom is -0.380 e. The van der Waals surface area contributed by atoms with Crippen LogP contribution in [0.15, 0.2) is 0 Å². The monoisotopic (exact) mass is 254 g/mol. The van der Waals surface area contributed by atoms with E-state index in [9.17, 15) is 0 Å². The molecule has 3 heteroatoms. The summed E-state index contributed by atoms with van der Waals surface area (Å²) >= 11 is 0. The number of nitrogens with two attached hydrogens (primary N) is 1. The average molecular weight is 254 g/mol. The van der Waals surface area contributed by atoms with Gasteiger partial charge in [0.25, 0.3) is 0 Å². The van der Waals surface area contributed by atoms with Crippen LogP contribution >= 0.6 is 0 Å². The van der Waals surface area contributed by atoms with Gasteiger partial charge in [-0.15, -0.1) is 0 Å². The molecular weight excluding hydrogens is 224 g/mol. The molecule has 1 aliphatic heterocycles. The number of hydrogen-bond donors (Lipinski definition) is 1. The smallest absolute Gasteiger partial charge is 0.0724 e. The first-order chi connectivity index (χ1) is 8.65. The van der Waals surface area contributed by atoms with E-state index in [1.165, 1.54) is 38.6 Å². The number of piperidine rings is 1. The maximum Gasteiger partial charge on any atom is 0.0724 e. The molecule has 3 nitrogen and oxygen atoms in total. The average Bonchev–Trinajstić information content (AvgIpc) is 2.40. The summed E-state index contributed by atoms with van der Waals surface area (Å²) in [5, 5.41) is 0. The molecule has 0 aromatic heterocycles. The molecule has 0 amide bonds. The lowest BCUT2D eigenvalue weighted by molar-refractivity contribution is -0.0312. The first-order valence-corrected chi connectivity index (χ1v) is 7.68. The second kappa shape index (κ2) is 6.36. The highest BCUT2D eigenvalue weighted by atomic mass is 16.5. The Labute approximate surface area is 112 Å². The summed E-state index contributed by atoms with van der Waals surface area (Å²) in [6.45, 7) is 6.90. The van der Waals surface area contributed by atoms with Crippen LogP contribution in [0, 0.1) is 11.8 Å². The molecule has 1 heterocycles. The molecule has 1 saturated carbocycles. The summed E-state index contributed by atoms with van der Waals surface area (Å²) in [6.07, 6.45) is 6.77. The second-order valence-corrected chi connectivity index (χ2v) is 6.35. The van der Waals surface area contributed by atoms with E-state index in [0.29, 0.717) is 24.1 Å². The van der Waals surface area contributed by atoms with Gasteiger partial charge < -0.3 is 10.5 Å². The molecule has 0 aromatic rings. The Morgan fingerprint density at radius 3 is 2.72 bits per heavy atom. The second-order valence-electron chi connectivity index (χ2n) is 6.35. The van der Waals surface area contributed by atoms with Crippen molar-refractivity contribution in [3.8, 4) is 0 Å². The van der Waals surface area contributed by atoms with Gasteiger partial charge in [0.05, 0.1) is 6.10 Å². The van der Waals surface area contributed by atoms with Crippen LogP contribution in [-0.4, -0.2) is 43.3 Å². The molecule has 2 aliphatic rings. The molecule has 2 rings (SSSR count). The topological polar surface area (TPSA) is 38.5 Å². The number of hydrogen-bond acceptors (Lipinski definition) is 3. The van der Waals surface area contributed by atoms with Gasteiger partial charge in [0.15, 0.2) is 0 Å². The van der Waals surface area contributed by atoms with Gasteiger partial charge in [-0.3, -0.25) is 4.90 Å². The van der Waals surface area contributed by atoms with Crippen LogP contribution < -0.4 is 5.73 Å². The number of likely N-dealkylation sites (tertiary alicyclic amines) is 1. The lowest BCUT2D eigenvalue weighted by Gasteiger charge is -2.46. The highest BCUT2D eigenvalue weighted by Crippen LogP contribution is 2.31. The summed E-state index contributed by atoms with van der Waals surface area (Å²) in [4.78, 5) is 2.61. The zero-order chi connectivity index (χ0) is 13.1. The van der Waals surface area contributed by atoms with Crippen molar-refractivity contribution in [1.82, 2.24) is 4.90 Å². The van der Waals surface area contributed by atoms with E-state index in [1.807, 2.05) is 7.11 Å². The maximum absolute atomic E-state index is 6.37. The van der Waals surface area contributed by atoms with Crippen LogP contribution in [0.2, 0.25) is 0 Å². The molecule has 1 saturated heterocycles. The summed E-state index contributed by atoms with van der Waals surface area (Å²) in [5.74, 6) is 1.57. The quantitative estimate of drug-likeness (QED) is 0.839. The SMILES string of the molecule is CCC1CCC(N)C(N2CCC(C)C(OC)C2)C1. The lowest BCUT2D eigenvalue weighted by atomic mass is 9.79. The van der Waals surface area contributed by atoms with Crippen LogP contribution in [0.5, 0.6) is 0 Å². The third kappa shape index (κ3) is 3.06. The van der Waals surface area contributed by atoms with Crippen LogP contribution in [-0.2, 0) is 4.74 Å². The Bertz CT molecular complexity index is 259. The standard InChI is InChI=1S/C15H30N2O/c1-4-12-5-6-13(16)14(9-12)17-8-7-11(2)15(10-17)18-3/h11-15H,4-10,16H2,1-3H3.